The molecule has 5 nitrogen and oxygen atoms in total. The summed E-state index contributed by atoms with van der Waals surface area (Å²) < 4.78 is 11.3. The number of nitrogens with one attached hydrogen (secondary N) is 1. The van der Waals surface area contributed by atoms with Crippen molar-refractivity contribution in [1.29, 1.82) is 0 Å². The highest BCUT2D eigenvalue weighted by atomic mass is 16.5. The Labute approximate surface area is 181 Å². The van der Waals surface area contributed by atoms with Crippen LogP contribution in [0.25, 0.3) is 10.8 Å². The highest BCUT2D eigenvalue weighted by Crippen LogP contribution is 2.23. The van der Waals surface area contributed by atoms with Gasteiger partial charge in [-0.25, -0.2) is 4.98 Å². The van der Waals surface area contributed by atoms with Crippen LogP contribution in [-0.4, -0.2) is 17.5 Å². The molecule has 3 aromatic carbocycles. The normalized spacial score (nSPS) is 10.6. The molecule has 156 valence electrons. The van der Waals surface area contributed by atoms with E-state index in [4.69, 9.17) is 9.47 Å². The van der Waals surface area contributed by atoms with E-state index >= 15 is 0 Å². The topological polar surface area (TPSA) is 60.5 Å². The lowest BCUT2D eigenvalue weighted by molar-refractivity contribution is -0.120. The second-order valence-corrected chi connectivity index (χ2v) is 7.14. The van der Waals surface area contributed by atoms with Gasteiger partial charge in [0.25, 0.3) is 0 Å². The van der Waals surface area contributed by atoms with E-state index in [2.05, 4.69) is 28.5 Å². The number of amides is 1. The molecule has 0 aliphatic heterocycles. The molecule has 0 saturated heterocycles. The third-order valence-electron chi connectivity index (χ3n) is 4.82. The fraction of sp³-hybridized carbons (Fsp3) is 0.154. The number of pyridine rings is 1. The van der Waals surface area contributed by atoms with Gasteiger partial charge in [-0.15, -0.1) is 0 Å². The minimum Gasteiger partial charge on any atom is -0.494 e. The maximum atomic E-state index is 12.4. The SMILES string of the molecule is CCOc1ccc(Oc2cc(CNC(=O)Cc3ccc4ccccc4c3)ccn2)cc1. The van der Waals surface area contributed by atoms with E-state index in [1.165, 1.54) is 5.39 Å². The molecule has 0 aliphatic rings. The van der Waals surface area contributed by atoms with Crippen LogP contribution < -0.4 is 14.8 Å². The number of carbonyl (C=O) groups is 1. The fourth-order valence-corrected chi connectivity index (χ4v) is 3.30. The molecule has 31 heavy (non-hydrogen) atoms. The first-order valence-corrected chi connectivity index (χ1v) is 10.3. The van der Waals surface area contributed by atoms with Gasteiger partial charge in [0, 0.05) is 18.8 Å². The molecule has 0 saturated carbocycles. The Kier molecular flexibility index (Phi) is 6.43. The second-order valence-electron chi connectivity index (χ2n) is 7.14. The average Bonchev–Trinajstić information content (AvgIpc) is 2.79. The summed E-state index contributed by atoms with van der Waals surface area (Å²) in [5.74, 6) is 1.92. The number of fused-ring (bicyclic) bond motifs is 1. The standard InChI is InChI=1S/C26H24N2O3/c1-2-30-23-9-11-24(12-10-23)31-26-17-20(13-14-27-26)18-28-25(29)16-19-7-8-21-5-3-4-6-22(21)15-19/h3-15,17H,2,16,18H2,1H3,(H,28,29). The van der Waals surface area contributed by atoms with Gasteiger partial charge in [0.05, 0.1) is 13.0 Å². The third-order valence-corrected chi connectivity index (χ3v) is 4.82. The molecule has 0 aliphatic carbocycles. The molecule has 1 heterocycles. The van der Waals surface area contributed by atoms with Crippen molar-refractivity contribution in [3.05, 3.63) is 96.2 Å². The molecule has 0 atom stereocenters. The molecule has 1 aromatic heterocycles. The molecule has 0 radical (unpaired) electrons. The van der Waals surface area contributed by atoms with Crippen molar-refractivity contribution in [2.45, 2.75) is 19.9 Å². The molecular formula is C26H24N2O3. The molecule has 0 unspecified atom stereocenters. The number of carbonyl (C=O) groups excluding carboxylic acids is 1. The smallest absolute Gasteiger partial charge is 0.224 e. The molecular weight excluding hydrogens is 388 g/mol. The van der Waals surface area contributed by atoms with Crippen LogP contribution in [0.2, 0.25) is 0 Å². The summed E-state index contributed by atoms with van der Waals surface area (Å²) in [5, 5.41) is 5.28. The van der Waals surface area contributed by atoms with Crippen molar-refractivity contribution in [3.63, 3.8) is 0 Å². The lowest BCUT2D eigenvalue weighted by Gasteiger charge is -2.09. The predicted octanol–water partition coefficient (Wildman–Crippen LogP) is 5.28. The Morgan fingerprint density at radius 1 is 0.871 bits per heavy atom. The molecule has 1 N–H and O–H groups in total. The van der Waals surface area contributed by atoms with Gasteiger partial charge in [0.1, 0.15) is 11.5 Å². The van der Waals surface area contributed by atoms with Gasteiger partial charge in [-0.2, -0.15) is 0 Å². The van der Waals surface area contributed by atoms with E-state index in [1.54, 1.807) is 6.20 Å². The quantitative estimate of drug-likeness (QED) is 0.427. The largest absolute Gasteiger partial charge is 0.494 e. The first kappa shape index (κ1) is 20.4. The number of hydrogen-bond acceptors (Lipinski definition) is 4. The molecule has 1 amide bonds. The Hall–Kier alpha value is -3.86. The molecule has 4 aromatic rings. The molecule has 0 spiro atoms. The summed E-state index contributed by atoms with van der Waals surface area (Å²) in [7, 11) is 0. The van der Waals surface area contributed by atoms with Crippen LogP contribution in [0.4, 0.5) is 0 Å². The Morgan fingerprint density at radius 3 is 2.45 bits per heavy atom. The van der Waals surface area contributed by atoms with Crippen LogP contribution in [0, 0.1) is 0 Å². The Morgan fingerprint density at radius 2 is 1.65 bits per heavy atom. The van der Waals surface area contributed by atoms with E-state index < -0.39 is 0 Å². The summed E-state index contributed by atoms with van der Waals surface area (Å²) in [6, 6.07) is 25.3. The zero-order valence-electron chi connectivity index (χ0n) is 17.4. The average molecular weight is 412 g/mol. The van der Waals surface area contributed by atoms with Crippen LogP contribution >= 0.6 is 0 Å². The van der Waals surface area contributed by atoms with Gasteiger partial charge in [-0.3, -0.25) is 4.79 Å². The minimum atomic E-state index is -0.0268. The third kappa shape index (κ3) is 5.60. The van der Waals surface area contributed by atoms with Crippen molar-refractivity contribution < 1.29 is 14.3 Å². The fourth-order valence-electron chi connectivity index (χ4n) is 3.30. The van der Waals surface area contributed by atoms with Crippen LogP contribution in [0.15, 0.2) is 85.1 Å². The molecule has 5 heteroatoms. The highest BCUT2D eigenvalue weighted by Gasteiger charge is 2.06. The van der Waals surface area contributed by atoms with E-state index in [9.17, 15) is 4.79 Å². The van der Waals surface area contributed by atoms with Crippen LogP contribution in [0.5, 0.6) is 17.4 Å². The first-order chi connectivity index (χ1) is 15.2. The van der Waals surface area contributed by atoms with Gasteiger partial charge in [-0.1, -0.05) is 42.5 Å². The maximum absolute atomic E-state index is 12.4. The Bertz CT molecular complexity index is 1170. The van der Waals surface area contributed by atoms with Crippen molar-refractivity contribution in [1.82, 2.24) is 10.3 Å². The number of ether oxygens (including phenoxy) is 2. The Balaban J connectivity index is 1.33. The van der Waals surface area contributed by atoms with Gasteiger partial charge in [0.2, 0.25) is 11.8 Å². The number of benzene rings is 3. The minimum absolute atomic E-state index is 0.0268. The zero-order valence-corrected chi connectivity index (χ0v) is 17.4. The lowest BCUT2D eigenvalue weighted by Crippen LogP contribution is -2.24. The van der Waals surface area contributed by atoms with Crippen LogP contribution in [0.1, 0.15) is 18.1 Å². The number of hydrogen-bond donors (Lipinski definition) is 1. The molecule has 0 bridgehead atoms. The molecule has 4 rings (SSSR count). The summed E-state index contributed by atoms with van der Waals surface area (Å²) >= 11 is 0. The van der Waals surface area contributed by atoms with Crippen LogP contribution in [0.3, 0.4) is 0 Å². The van der Waals surface area contributed by atoms with Gasteiger partial charge in [0.15, 0.2) is 0 Å². The first-order valence-electron chi connectivity index (χ1n) is 10.3. The van der Waals surface area contributed by atoms with E-state index in [0.717, 1.165) is 22.3 Å². The van der Waals surface area contributed by atoms with E-state index in [0.29, 0.717) is 31.2 Å². The van der Waals surface area contributed by atoms with Crippen molar-refractivity contribution in [2.24, 2.45) is 0 Å². The van der Waals surface area contributed by atoms with Gasteiger partial charge >= 0.3 is 0 Å². The van der Waals surface area contributed by atoms with Gasteiger partial charge in [-0.05, 0) is 59.2 Å². The zero-order chi connectivity index (χ0) is 21.5. The summed E-state index contributed by atoms with van der Waals surface area (Å²) in [6.07, 6.45) is 2.01. The van der Waals surface area contributed by atoms with Crippen molar-refractivity contribution in [2.75, 3.05) is 6.61 Å². The van der Waals surface area contributed by atoms with Gasteiger partial charge < -0.3 is 14.8 Å². The maximum Gasteiger partial charge on any atom is 0.224 e. The van der Waals surface area contributed by atoms with E-state index in [1.807, 2.05) is 67.6 Å². The van der Waals surface area contributed by atoms with Crippen molar-refractivity contribution >= 4 is 16.7 Å². The van der Waals surface area contributed by atoms with Crippen LogP contribution in [-0.2, 0) is 17.8 Å². The number of aromatic nitrogens is 1. The summed E-state index contributed by atoms with van der Waals surface area (Å²) in [5.41, 5.74) is 1.91. The summed E-state index contributed by atoms with van der Waals surface area (Å²) in [6.45, 7) is 2.98. The monoisotopic (exact) mass is 412 g/mol. The lowest BCUT2D eigenvalue weighted by atomic mass is 10.0. The molecule has 0 fully saturated rings. The summed E-state index contributed by atoms with van der Waals surface area (Å²) in [4.78, 5) is 16.7. The highest BCUT2D eigenvalue weighted by molar-refractivity contribution is 5.85. The predicted molar refractivity (Wildman–Crippen MR) is 121 cm³/mol. The van der Waals surface area contributed by atoms with E-state index in [-0.39, 0.29) is 5.91 Å². The number of nitrogens with zero attached hydrogens (tertiary/aromatic N) is 1. The van der Waals surface area contributed by atoms with Crippen molar-refractivity contribution in [3.8, 4) is 17.4 Å². The number of rotatable bonds is 8. The second kappa shape index (κ2) is 9.76.